The Balaban J connectivity index is 2.86. The molecule has 0 radical (unpaired) electrons. The van der Waals surface area contributed by atoms with Gasteiger partial charge in [-0.2, -0.15) is 0 Å². The monoisotopic (exact) mass is 264 g/mol. The molecule has 1 rings (SSSR count). The fraction of sp³-hybridized carbons (Fsp3) is 0.800. The molecule has 0 amide bonds. The lowest BCUT2D eigenvalue weighted by Gasteiger charge is -2.40. The molecule has 0 aromatic rings. The summed E-state index contributed by atoms with van der Waals surface area (Å²) in [7, 11) is 0. The van der Waals surface area contributed by atoms with Gasteiger partial charge in [0.1, 0.15) is 18.3 Å². The third-order valence-electron chi connectivity index (χ3n) is 2.41. The summed E-state index contributed by atoms with van der Waals surface area (Å²) in [6, 6.07) is 0. The Hall–Kier alpha value is -1.22. The zero-order valence-electron chi connectivity index (χ0n) is 9.98. The highest BCUT2D eigenvalue weighted by molar-refractivity contribution is 5.67. The summed E-state index contributed by atoms with van der Waals surface area (Å²) < 4.78 is 14.5. The summed E-state index contributed by atoms with van der Waals surface area (Å²) in [6.45, 7) is 1.63. The molecule has 0 aromatic carbocycles. The molecule has 0 spiro atoms. The van der Waals surface area contributed by atoms with Crippen molar-refractivity contribution in [3.8, 4) is 0 Å². The van der Waals surface area contributed by atoms with Gasteiger partial charge in [-0.15, -0.1) is 0 Å². The summed E-state index contributed by atoms with van der Waals surface area (Å²) in [5.41, 5.74) is 0. The van der Waals surface area contributed by atoms with Crippen LogP contribution in [0.3, 0.4) is 0 Å². The van der Waals surface area contributed by atoms with E-state index in [1.165, 1.54) is 0 Å². The van der Waals surface area contributed by atoms with Crippen LogP contribution in [0.2, 0.25) is 0 Å². The minimum atomic E-state index is -1.52. The van der Waals surface area contributed by atoms with E-state index in [1.54, 1.807) is 0 Å². The molecule has 1 aliphatic rings. The minimum Gasteiger partial charge on any atom is -0.453 e. The predicted molar refractivity (Wildman–Crippen MR) is 55.1 cm³/mol. The van der Waals surface area contributed by atoms with Crippen molar-refractivity contribution in [3.63, 3.8) is 0 Å². The first-order valence-corrected chi connectivity index (χ1v) is 5.33. The average Bonchev–Trinajstić information content (AvgIpc) is 2.27. The molecule has 8 heteroatoms. The van der Waals surface area contributed by atoms with Gasteiger partial charge in [0.05, 0.1) is 6.61 Å². The van der Waals surface area contributed by atoms with Gasteiger partial charge in [0.2, 0.25) is 6.29 Å². The van der Waals surface area contributed by atoms with Gasteiger partial charge in [0.15, 0.2) is 6.10 Å². The molecule has 104 valence electrons. The Morgan fingerprint density at radius 2 is 1.67 bits per heavy atom. The first-order chi connectivity index (χ1) is 8.36. The summed E-state index contributed by atoms with van der Waals surface area (Å²) in [6.07, 6.45) is -6.82. The first-order valence-electron chi connectivity index (χ1n) is 5.33. The highest BCUT2D eigenvalue weighted by Gasteiger charge is 2.47. The topological polar surface area (TPSA) is 123 Å². The van der Waals surface area contributed by atoms with Gasteiger partial charge < -0.3 is 29.5 Å². The maximum Gasteiger partial charge on any atom is 0.305 e. The number of hydrogen-bond donors (Lipinski definition) is 3. The Morgan fingerprint density at radius 1 is 1.11 bits per heavy atom. The predicted octanol–water partition coefficient (Wildman–Crippen LogP) is -2.08. The van der Waals surface area contributed by atoms with Crippen molar-refractivity contribution in [3.05, 3.63) is 0 Å². The molecule has 1 saturated heterocycles. The second kappa shape index (κ2) is 6.10. The van der Waals surface area contributed by atoms with Crippen molar-refractivity contribution < 1.29 is 39.1 Å². The molecule has 18 heavy (non-hydrogen) atoms. The van der Waals surface area contributed by atoms with Crippen molar-refractivity contribution >= 4 is 11.9 Å². The lowest BCUT2D eigenvalue weighted by atomic mass is 9.99. The molecule has 5 atom stereocenters. The van der Waals surface area contributed by atoms with E-state index in [2.05, 4.69) is 0 Å². The Bertz CT molecular complexity index is 317. The third-order valence-corrected chi connectivity index (χ3v) is 2.41. The van der Waals surface area contributed by atoms with Crippen molar-refractivity contribution in [1.82, 2.24) is 0 Å². The number of hydrogen-bond acceptors (Lipinski definition) is 8. The van der Waals surface area contributed by atoms with E-state index in [0.717, 1.165) is 13.8 Å². The molecule has 1 aliphatic heterocycles. The highest BCUT2D eigenvalue weighted by Crippen LogP contribution is 2.24. The average molecular weight is 264 g/mol. The van der Waals surface area contributed by atoms with Crippen molar-refractivity contribution in [2.24, 2.45) is 0 Å². The van der Waals surface area contributed by atoms with Crippen LogP contribution in [0.5, 0.6) is 0 Å². The van der Waals surface area contributed by atoms with E-state index in [4.69, 9.17) is 19.3 Å². The molecule has 3 unspecified atom stereocenters. The molecule has 0 aliphatic carbocycles. The largest absolute Gasteiger partial charge is 0.453 e. The van der Waals surface area contributed by atoms with Gasteiger partial charge in [-0.05, 0) is 0 Å². The molecule has 1 heterocycles. The van der Waals surface area contributed by atoms with Gasteiger partial charge in [-0.25, -0.2) is 0 Å². The van der Waals surface area contributed by atoms with Gasteiger partial charge in [0, 0.05) is 13.8 Å². The molecule has 0 aromatic heterocycles. The van der Waals surface area contributed by atoms with Crippen LogP contribution in [0.1, 0.15) is 13.8 Å². The second-order valence-electron chi connectivity index (χ2n) is 3.89. The molecule has 3 N–H and O–H groups in total. The number of carbonyl (C=O) groups is 2. The Kier molecular flexibility index (Phi) is 5.03. The van der Waals surface area contributed by atoms with Gasteiger partial charge in [-0.3, -0.25) is 9.59 Å². The normalized spacial score (nSPS) is 35.9. The number of ether oxygens (including phenoxy) is 3. The van der Waals surface area contributed by atoms with Crippen LogP contribution >= 0.6 is 0 Å². The van der Waals surface area contributed by atoms with E-state index in [-0.39, 0.29) is 0 Å². The summed E-state index contributed by atoms with van der Waals surface area (Å²) in [5.74, 6) is -1.44. The zero-order valence-corrected chi connectivity index (χ0v) is 9.98. The standard InChI is InChI=1S/C10H16O8/c1-4(12)16-9-8(15)7(14)6(3-11)18-10(9)17-5(2)13/h6-11,14-15H,3H2,1-2H3/t6?,7-,8?,9-,10?/m0/s1. The number of esters is 2. The van der Waals surface area contributed by atoms with Crippen LogP contribution in [0, 0.1) is 0 Å². The van der Waals surface area contributed by atoms with Crippen molar-refractivity contribution in [2.75, 3.05) is 6.61 Å². The van der Waals surface area contributed by atoms with Crippen LogP contribution in [0.15, 0.2) is 0 Å². The van der Waals surface area contributed by atoms with Crippen LogP contribution < -0.4 is 0 Å². The maximum absolute atomic E-state index is 10.9. The molecule has 0 bridgehead atoms. The van der Waals surface area contributed by atoms with Crippen LogP contribution in [-0.2, 0) is 23.8 Å². The van der Waals surface area contributed by atoms with Gasteiger partial charge in [-0.1, -0.05) is 0 Å². The number of aliphatic hydroxyl groups is 3. The van der Waals surface area contributed by atoms with E-state index in [0.29, 0.717) is 0 Å². The second-order valence-corrected chi connectivity index (χ2v) is 3.89. The fourth-order valence-electron chi connectivity index (χ4n) is 1.63. The summed E-state index contributed by atoms with van der Waals surface area (Å²) in [4.78, 5) is 21.8. The van der Waals surface area contributed by atoms with E-state index in [9.17, 15) is 19.8 Å². The SMILES string of the molecule is CC(=O)OC1OC(CO)[C@H](O)C(O)[C@@H]1OC(C)=O. The molecular formula is C10H16O8. The lowest BCUT2D eigenvalue weighted by molar-refractivity contribution is -0.295. The highest BCUT2D eigenvalue weighted by atomic mass is 16.7. The quantitative estimate of drug-likeness (QED) is 0.496. The van der Waals surface area contributed by atoms with Gasteiger partial charge >= 0.3 is 11.9 Å². The third kappa shape index (κ3) is 3.39. The molecule has 1 fully saturated rings. The van der Waals surface area contributed by atoms with Crippen LogP contribution in [0.4, 0.5) is 0 Å². The number of rotatable bonds is 3. The van der Waals surface area contributed by atoms with E-state index < -0.39 is 49.3 Å². The lowest BCUT2D eigenvalue weighted by Crippen LogP contribution is -2.60. The Labute approximate surface area is 103 Å². The molecule has 0 saturated carbocycles. The van der Waals surface area contributed by atoms with E-state index >= 15 is 0 Å². The summed E-state index contributed by atoms with van der Waals surface area (Å²) >= 11 is 0. The summed E-state index contributed by atoms with van der Waals surface area (Å²) in [5, 5.41) is 28.3. The van der Waals surface area contributed by atoms with Crippen molar-refractivity contribution in [1.29, 1.82) is 0 Å². The van der Waals surface area contributed by atoms with Crippen LogP contribution in [0.25, 0.3) is 0 Å². The zero-order chi connectivity index (χ0) is 13.9. The first kappa shape index (κ1) is 14.8. The van der Waals surface area contributed by atoms with Crippen molar-refractivity contribution in [2.45, 2.75) is 44.6 Å². The van der Waals surface area contributed by atoms with Crippen LogP contribution in [-0.4, -0.2) is 64.6 Å². The number of carbonyl (C=O) groups excluding carboxylic acids is 2. The Morgan fingerprint density at radius 3 is 2.11 bits per heavy atom. The van der Waals surface area contributed by atoms with E-state index in [1.807, 2.05) is 0 Å². The molecular weight excluding hydrogens is 248 g/mol. The fourth-order valence-corrected chi connectivity index (χ4v) is 1.63. The maximum atomic E-state index is 10.9. The smallest absolute Gasteiger partial charge is 0.305 e. The molecule has 8 nitrogen and oxygen atoms in total. The number of aliphatic hydroxyl groups excluding tert-OH is 3. The van der Waals surface area contributed by atoms with Gasteiger partial charge in [0.25, 0.3) is 0 Å². The minimum absolute atomic E-state index is 0.581.